The Morgan fingerprint density at radius 1 is 1.32 bits per heavy atom. The highest BCUT2D eigenvalue weighted by molar-refractivity contribution is 7.86. The van der Waals surface area contributed by atoms with Crippen LogP contribution >= 0.6 is 0 Å². The van der Waals surface area contributed by atoms with E-state index in [1.807, 2.05) is 21.1 Å². The first-order valence-electron chi connectivity index (χ1n) is 6.92. The summed E-state index contributed by atoms with van der Waals surface area (Å²) >= 11 is 0. The van der Waals surface area contributed by atoms with Crippen LogP contribution in [-0.2, 0) is 10.2 Å². The zero-order valence-corrected chi connectivity index (χ0v) is 13.4. The SMILES string of the molecule is CNCCCN(C)S(=O)(=O)N1CCCC(N(C)C)C1. The molecule has 1 rings (SSSR count). The quantitative estimate of drug-likeness (QED) is 0.660. The third-order valence-electron chi connectivity index (χ3n) is 3.71. The van der Waals surface area contributed by atoms with Gasteiger partial charge in [0.15, 0.2) is 0 Å². The molecule has 19 heavy (non-hydrogen) atoms. The van der Waals surface area contributed by atoms with Gasteiger partial charge in [-0.05, 0) is 47.0 Å². The summed E-state index contributed by atoms with van der Waals surface area (Å²) in [4.78, 5) is 2.11. The molecule has 0 amide bonds. The monoisotopic (exact) mass is 292 g/mol. The largest absolute Gasteiger partial charge is 0.320 e. The molecule has 0 radical (unpaired) electrons. The Balaban J connectivity index is 2.60. The van der Waals surface area contributed by atoms with Crippen molar-refractivity contribution >= 4 is 10.2 Å². The van der Waals surface area contributed by atoms with Crippen molar-refractivity contribution in [2.24, 2.45) is 0 Å². The van der Waals surface area contributed by atoms with Crippen LogP contribution in [-0.4, -0.2) is 82.3 Å². The maximum Gasteiger partial charge on any atom is 0.281 e. The van der Waals surface area contributed by atoms with Crippen LogP contribution in [0.25, 0.3) is 0 Å². The molecule has 1 atom stereocenters. The van der Waals surface area contributed by atoms with Crippen molar-refractivity contribution in [1.29, 1.82) is 0 Å². The summed E-state index contributed by atoms with van der Waals surface area (Å²) in [7, 11) is 4.27. The summed E-state index contributed by atoms with van der Waals surface area (Å²) in [6, 6.07) is 0.328. The lowest BCUT2D eigenvalue weighted by Gasteiger charge is -2.37. The summed E-state index contributed by atoms with van der Waals surface area (Å²) in [5.74, 6) is 0. The van der Waals surface area contributed by atoms with Crippen LogP contribution in [0.15, 0.2) is 0 Å². The van der Waals surface area contributed by atoms with Gasteiger partial charge < -0.3 is 10.2 Å². The maximum atomic E-state index is 12.5. The van der Waals surface area contributed by atoms with E-state index in [2.05, 4.69) is 10.2 Å². The molecule has 0 bridgehead atoms. The minimum absolute atomic E-state index is 0.328. The van der Waals surface area contributed by atoms with Crippen molar-refractivity contribution in [2.45, 2.75) is 25.3 Å². The zero-order valence-electron chi connectivity index (χ0n) is 12.6. The van der Waals surface area contributed by atoms with Crippen LogP contribution in [0.1, 0.15) is 19.3 Å². The van der Waals surface area contributed by atoms with Gasteiger partial charge in [-0.2, -0.15) is 17.0 Å². The number of nitrogens with one attached hydrogen (secondary N) is 1. The van der Waals surface area contributed by atoms with E-state index in [4.69, 9.17) is 0 Å². The van der Waals surface area contributed by atoms with Crippen LogP contribution in [0.4, 0.5) is 0 Å². The predicted octanol–water partition coefficient (Wildman–Crippen LogP) is -0.201. The molecule has 0 aliphatic carbocycles. The molecular formula is C12H28N4O2S. The Morgan fingerprint density at radius 2 is 2.00 bits per heavy atom. The molecule has 0 aromatic carbocycles. The minimum Gasteiger partial charge on any atom is -0.320 e. The summed E-state index contributed by atoms with van der Waals surface area (Å²) in [6.45, 7) is 2.64. The van der Waals surface area contributed by atoms with Gasteiger partial charge in [0.25, 0.3) is 10.2 Å². The third kappa shape index (κ3) is 4.68. The minimum atomic E-state index is -3.30. The topological polar surface area (TPSA) is 55.9 Å². The molecule has 6 nitrogen and oxygen atoms in total. The molecule has 114 valence electrons. The third-order valence-corrected chi connectivity index (χ3v) is 5.66. The molecule has 1 N–H and O–H groups in total. The second-order valence-corrected chi connectivity index (χ2v) is 7.44. The van der Waals surface area contributed by atoms with Gasteiger partial charge in [0.2, 0.25) is 0 Å². The number of hydrogen-bond donors (Lipinski definition) is 1. The Morgan fingerprint density at radius 3 is 2.58 bits per heavy atom. The molecular weight excluding hydrogens is 264 g/mol. The fourth-order valence-electron chi connectivity index (χ4n) is 2.34. The smallest absolute Gasteiger partial charge is 0.281 e. The molecule has 1 aliphatic rings. The van der Waals surface area contributed by atoms with Gasteiger partial charge in [-0.15, -0.1) is 0 Å². The first-order valence-corrected chi connectivity index (χ1v) is 8.31. The number of hydrogen-bond acceptors (Lipinski definition) is 4. The van der Waals surface area contributed by atoms with Gasteiger partial charge in [-0.25, -0.2) is 0 Å². The predicted molar refractivity (Wildman–Crippen MR) is 78.4 cm³/mol. The number of piperidine rings is 1. The number of nitrogens with zero attached hydrogens (tertiary/aromatic N) is 3. The van der Waals surface area contributed by atoms with E-state index in [0.717, 1.165) is 25.8 Å². The Hall–Kier alpha value is -0.210. The first-order chi connectivity index (χ1) is 8.89. The van der Waals surface area contributed by atoms with E-state index in [0.29, 0.717) is 25.7 Å². The zero-order chi connectivity index (χ0) is 14.5. The van der Waals surface area contributed by atoms with E-state index in [1.54, 1.807) is 11.4 Å². The van der Waals surface area contributed by atoms with Crippen LogP contribution in [0.2, 0.25) is 0 Å². The lowest BCUT2D eigenvalue weighted by molar-refractivity contribution is 0.184. The van der Waals surface area contributed by atoms with Crippen molar-refractivity contribution in [3.63, 3.8) is 0 Å². The van der Waals surface area contributed by atoms with Gasteiger partial charge in [-0.3, -0.25) is 0 Å². The van der Waals surface area contributed by atoms with Crippen molar-refractivity contribution < 1.29 is 8.42 Å². The van der Waals surface area contributed by atoms with E-state index < -0.39 is 10.2 Å². The van der Waals surface area contributed by atoms with Gasteiger partial charge in [0, 0.05) is 32.7 Å². The summed E-state index contributed by atoms with van der Waals surface area (Å²) < 4.78 is 28.0. The molecule has 1 aliphatic heterocycles. The number of likely N-dealkylation sites (N-methyl/N-ethyl adjacent to an activating group) is 1. The van der Waals surface area contributed by atoms with Crippen LogP contribution in [0.5, 0.6) is 0 Å². The summed E-state index contributed by atoms with van der Waals surface area (Å²) in [5.41, 5.74) is 0. The highest BCUT2D eigenvalue weighted by atomic mass is 32.2. The van der Waals surface area contributed by atoms with E-state index in [9.17, 15) is 8.42 Å². The lowest BCUT2D eigenvalue weighted by atomic mass is 10.1. The molecule has 1 heterocycles. The molecule has 1 saturated heterocycles. The number of rotatable bonds is 7. The van der Waals surface area contributed by atoms with E-state index in [-0.39, 0.29) is 0 Å². The van der Waals surface area contributed by atoms with Crippen LogP contribution < -0.4 is 5.32 Å². The fourth-order valence-corrected chi connectivity index (χ4v) is 3.82. The highest BCUT2D eigenvalue weighted by Gasteiger charge is 2.32. The summed E-state index contributed by atoms with van der Waals surface area (Å²) in [5, 5.41) is 3.03. The molecule has 0 aromatic heterocycles. The van der Waals surface area contributed by atoms with E-state index >= 15 is 0 Å². The van der Waals surface area contributed by atoms with Crippen molar-refractivity contribution in [3.05, 3.63) is 0 Å². The molecule has 1 fully saturated rings. The van der Waals surface area contributed by atoms with E-state index in [1.165, 1.54) is 4.31 Å². The fraction of sp³-hybridized carbons (Fsp3) is 1.00. The standard InChI is InChI=1S/C12H28N4O2S/c1-13-8-6-9-15(4)19(17,18)16-10-5-7-12(11-16)14(2)3/h12-13H,5-11H2,1-4H3. The molecule has 0 spiro atoms. The normalized spacial score (nSPS) is 22.3. The first kappa shape index (κ1) is 16.8. The average molecular weight is 292 g/mol. The maximum absolute atomic E-state index is 12.5. The Bertz CT molecular complexity index is 359. The van der Waals surface area contributed by atoms with Crippen LogP contribution in [0, 0.1) is 0 Å². The Kier molecular flexibility index (Phi) is 6.68. The molecule has 1 unspecified atom stereocenters. The lowest BCUT2D eigenvalue weighted by Crippen LogP contribution is -2.51. The molecule has 0 saturated carbocycles. The molecule has 0 aromatic rings. The van der Waals surface area contributed by atoms with Gasteiger partial charge in [0.05, 0.1) is 0 Å². The second kappa shape index (κ2) is 7.54. The molecule has 7 heteroatoms. The van der Waals surface area contributed by atoms with Gasteiger partial charge in [0.1, 0.15) is 0 Å². The van der Waals surface area contributed by atoms with Crippen LogP contribution in [0.3, 0.4) is 0 Å². The Labute approximate surface area is 117 Å². The van der Waals surface area contributed by atoms with Crippen molar-refractivity contribution in [1.82, 2.24) is 18.8 Å². The van der Waals surface area contributed by atoms with Gasteiger partial charge in [-0.1, -0.05) is 0 Å². The van der Waals surface area contributed by atoms with Crippen molar-refractivity contribution in [2.75, 3.05) is 54.4 Å². The second-order valence-electron chi connectivity index (χ2n) is 5.40. The van der Waals surface area contributed by atoms with Gasteiger partial charge >= 0.3 is 0 Å². The summed E-state index contributed by atoms with van der Waals surface area (Å²) in [6.07, 6.45) is 2.84. The van der Waals surface area contributed by atoms with Crippen molar-refractivity contribution in [3.8, 4) is 0 Å². The highest BCUT2D eigenvalue weighted by Crippen LogP contribution is 2.18. The average Bonchev–Trinajstić information content (AvgIpc) is 2.39.